The molecule has 0 atom stereocenters. The zero-order chi connectivity index (χ0) is 9.14. The molecule has 0 bridgehead atoms. The van der Waals surface area contributed by atoms with Crippen LogP contribution < -0.4 is 10.5 Å². The van der Waals surface area contributed by atoms with Gasteiger partial charge in [-0.15, -0.1) is 0 Å². The Hall–Kier alpha value is -0.290. The van der Waals surface area contributed by atoms with Gasteiger partial charge in [-0.25, -0.2) is 0 Å². The Labute approximate surface area is 86.2 Å². The highest BCUT2D eigenvalue weighted by atomic mass is 127. The molecule has 0 saturated heterocycles. The third-order valence-electron chi connectivity index (χ3n) is 1.81. The van der Waals surface area contributed by atoms with Gasteiger partial charge < -0.3 is 10.5 Å². The summed E-state index contributed by atoms with van der Waals surface area (Å²) in [6.45, 7) is 2.60. The number of nitrogens with two attached hydrogens (primary N) is 1. The van der Waals surface area contributed by atoms with Crippen LogP contribution in [-0.2, 0) is 6.54 Å². The van der Waals surface area contributed by atoms with Crippen LogP contribution in [0, 0.1) is 10.5 Å². The highest BCUT2D eigenvalue weighted by Crippen LogP contribution is 2.24. The van der Waals surface area contributed by atoms with Gasteiger partial charge in [0.05, 0.1) is 7.11 Å². The van der Waals surface area contributed by atoms with Gasteiger partial charge in [-0.3, -0.25) is 0 Å². The van der Waals surface area contributed by atoms with Crippen molar-refractivity contribution in [2.24, 2.45) is 5.73 Å². The molecule has 1 aromatic rings. The SMILES string of the molecule is COc1cc(CN)cc(I)c1C. The van der Waals surface area contributed by atoms with Crippen LogP contribution in [0.2, 0.25) is 0 Å². The molecule has 0 aromatic heterocycles. The van der Waals surface area contributed by atoms with Gasteiger partial charge in [-0.1, -0.05) is 0 Å². The maximum Gasteiger partial charge on any atom is 0.123 e. The summed E-state index contributed by atoms with van der Waals surface area (Å²) in [7, 11) is 1.68. The van der Waals surface area contributed by atoms with E-state index in [-0.39, 0.29) is 0 Å². The van der Waals surface area contributed by atoms with Crippen molar-refractivity contribution in [3.63, 3.8) is 0 Å². The van der Waals surface area contributed by atoms with Gasteiger partial charge in [0.2, 0.25) is 0 Å². The highest BCUT2D eigenvalue weighted by Gasteiger charge is 2.03. The summed E-state index contributed by atoms with van der Waals surface area (Å²) in [5.74, 6) is 0.919. The lowest BCUT2D eigenvalue weighted by Gasteiger charge is -2.08. The minimum absolute atomic E-state index is 0.562. The smallest absolute Gasteiger partial charge is 0.123 e. The van der Waals surface area contributed by atoms with Crippen LogP contribution in [-0.4, -0.2) is 7.11 Å². The summed E-state index contributed by atoms with van der Waals surface area (Å²) in [5, 5.41) is 0. The van der Waals surface area contributed by atoms with Crippen molar-refractivity contribution in [3.05, 3.63) is 26.8 Å². The fraction of sp³-hybridized carbons (Fsp3) is 0.333. The number of benzene rings is 1. The number of ether oxygens (including phenoxy) is 1. The topological polar surface area (TPSA) is 35.2 Å². The van der Waals surface area contributed by atoms with Crippen LogP contribution >= 0.6 is 22.6 Å². The average Bonchev–Trinajstić information content (AvgIpc) is 2.09. The predicted octanol–water partition coefficient (Wildman–Crippen LogP) is 2.07. The van der Waals surface area contributed by atoms with Crippen molar-refractivity contribution in [1.82, 2.24) is 0 Å². The summed E-state index contributed by atoms with van der Waals surface area (Å²) in [5.41, 5.74) is 7.82. The van der Waals surface area contributed by atoms with Crippen molar-refractivity contribution in [1.29, 1.82) is 0 Å². The molecule has 0 saturated carbocycles. The number of hydrogen-bond acceptors (Lipinski definition) is 2. The molecular weight excluding hydrogens is 265 g/mol. The van der Waals surface area contributed by atoms with Crippen molar-refractivity contribution in [2.45, 2.75) is 13.5 Å². The third kappa shape index (κ3) is 1.90. The molecular formula is C9H12INO. The molecule has 0 aliphatic heterocycles. The molecule has 0 aliphatic carbocycles. The summed E-state index contributed by atoms with van der Waals surface area (Å²) in [4.78, 5) is 0. The second-order valence-electron chi connectivity index (χ2n) is 2.61. The molecule has 0 fully saturated rings. The zero-order valence-electron chi connectivity index (χ0n) is 7.23. The quantitative estimate of drug-likeness (QED) is 0.840. The maximum atomic E-state index is 5.53. The normalized spacial score (nSPS) is 10.0. The van der Waals surface area contributed by atoms with Crippen molar-refractivity contribution < 1.29 is 4.74 Å². The highest BCUT2D eigenvalue weighted by molar-refractivity contribution is 14.1. The first-order chi connectivity index (χ1) is 5.69. The molecule has 0 amide bonds. The first kappa shape index (κ1) is 9.80. The fourth-order valence-corrected chi connectivity index (χ4v) is 1.70. The Morgan fingerprint density at radius 3 is 2.67 bits per heavy atom. The summed E-state index contributed by atoms with van der Waals surface area (Å²) in [6.07, 6.45) is 0. The van der Waals surface area contributed by atoms with Crippen LogP contribution in [0.25, 0.3) is 0 Å². The van der Waals surface area contributed by atoms with Gasteiger partial charge in [0, 0.05) is 15.7 Å². The molecule has 0 radical (unpaired) electrons. The standard InChI is InChI=1S/C9H12INO/c1-6-8(10)3-7(5-11)4-9(6)12-2/h3-4H,5,11H2,1-2H3. The minimum atomic E-state index is 0.562. The Balaban J connectivity index is 3.19. The Kier molecular flexibility index (Phi) is 3.34. The number of halogens is 1. The predicted molar refractivity (Wildman–Crippen MR) is 58.3 cm³/mol. The summed E-state index contributed by atoms with van der Waals surface area (Å²) >= 11 is 2.29. The molecule has 3 heteroatoms. The van der Waals surface area contributed by atoms with Gasteiger partial charge >= 0.3 is 0 Å². The van der Waals surface area contributed by atoms with E-state index in [1.807, 2.05) is 13.0 Å². The monoisotopic (exact) mass is 277 g/mol. The summed E-state index contributed by atoms with van der Waals surface area (Å²) in [6, 6.07) is 4.07. The van der Waals surface area contributed by atoms with E-state index in [0.29, 0.717) is 6.54 Å². The maximum absolute atomic E-state index is 5.53. The zero-order valence-corrected chi connectivity index (χ0v) is 9.38. The molecule has 2 N–H and O–H groups in total. The first-order valence-corrected chi connectivity index (χ1v) is 4.80. The lowest BCUT2D eigenvalue weighted by Crippen LogP contribution is -1.99. The Morgan fingerprint density at radius 1 is 1.50 bits per heavy atom. The number of methoxy groups -OCH3 is 1. The largest absolute Gasteiger partial charge is 0.496 e. The second kappa shape index (κ2) is 4.09. The van der Waals surface area contributed by atoms with Crippen LogP contribution in [0.4, 0.5) is 0 Å². The minimum Gasteiger partial charge on any atom is -0.496 e. The van der Waals surface area contributed by atoms with Gasteiger partial charge in [0.15, 0.2) is 0 Å². The van der Waals surface area contributed by atoms with E-state index in [1.54, 1.807) is 7.11 Å². The van der Waals surface area contributed by atoms with Crippen LogP contribution in [0.5, 0.6) is 5.75 Å². The van der Waals surface area contributed by atoms with Crippen LogP contribution in [0.3, 0.4) is 0 Å². The lowest BCUT2D eigenvalue weighted by atomic mass is 10.1. The van der Waals surface area contributed by atoms with Crippen molar-refractivity contribution >= 4 is 22.6 Å². The van der Waals surface area contributed by atoms with Crippen LogP contribution in [0.15, 0.2) is 12.1 Å². The van der Waals surface area contributed by atoms with E-state index in [4.69, 9.17) is 10.5 Å². The molecule has 0 unspecified atom stereocenters. The fourth-order valence-electron chi connectivity index (χ4n) is 1.04. The Bertz CT molecular complexity index is 286. The molecule has 1 aromatic carbocycles. The molecule has 1 rings (SSSR count). The molecule has 12 heavy (non-hydrogen) atoms. The Morgan fingerprint density at radius 2 is 2.17 bits per heavy atom. The number of rotatable bonds is 2. The molecule has 66 valence electrons. The van der Waals surface area contributed by atoms with Crippen LogP contribution in [0.1, 0.15) is 11.1 Å². The van der Waals surface area contributed by atoms with Gasteiger partial charge in [-0.05, 0) is 47.2 Å². The molecule has 0 spiro atoms. The van der Waals surface area contributed by atoms with E-state index in [9.17, 15) is 0 Å². The van der Waals surface area contributed by atoms with E-state index >= 15 is 0 Å². The van der Waals surface area contributed by atoms with E-state index in [0.717, 1.165) is 11.3 Å². The third-order valence-corrected chi connectivity index (χ3v) is 2.93. The van der Waals surface area contributed by atoms with Crippen molar-refractivity contribution in [3.8, 4) is 5.75 Å². The van der Waals surface area contributed by atoms with Gasteiger partial charge in [0.25, 0.3) is 0 Å². The molecule has 2 nitrogen and oxygen atoms in total. The van der Waals surface area contributed by atoms with E-state index in [1.165, 1.54) is 9.13 Å². The van der Waals surface area contributed by atoms with E-state index < -0.39 is 0 Å². The van der Waals surface area contributed by atoms with E-state index in [2.05, 4.69) is 28.7 Å². The van der Waals surface area contributed by atoms with Gasteiger partial charge in [0.1, 0.15) is 5.75 Å². The van der Waals surface area contributed by atoms with Crippen molar-refractivity contribution in [2.75, 3.05) is 7.11 Å². The lowest BCUT2D eigenvalue weighted by molar-refractivity contribution is 0.410. The average molecular weight is 277 g/mol. The van der Waals surface area contributed by atoms with Gasteiger partial charge in [-0.2, -0.15) is 0 Å². The molecule has 0 aliphatic rings. The molecule has 0 heterocycles. The second-order valence-corrected chi connectivity index (χ2v) is 3.77. The number of hydrogen-bond donors (Lipinski definition) is 1. The summed E-state index contributed by atoms with van der Waals surface area (Å²) < 4.78 is 6.41. The first-order valence-electron chi connectivity index (χ1n) is 3.72.